The molecule has 0 saturated heterocycles. The fourth-order valence-corrected chi connectivity index (χ4v) is 3.29. The predicted octanol–water partition coefficient (Wildman–Crippen LogP) is 4.29. The number of nitrogens with one attached hydrogen (secondary N) is 3. The van der Waals surface area contributed by atoms with Gasteiger partial charge in [-0.1, -0.05) is 40.7 Å². The molecule has 6 N–H and O–H groups in total. The number of carboxylic acids is 1. The van der Waals surface area contributed by atoms with Gasteiger partial charge in [0, 0.05) is 12.5 Å². The topological polar surface area (TPSA) is 177 Å². The fraction of sp³-hybridized carbons (Fsp3) is 0.621. The monoisotopic (exact) mass is 840 g/mol. The summed E-state index contributed by atoms with van der Waals surface area (Å²) in [6.45, 7) is 17.5. The van der Waals surface area contributed by atoms with Gasteiger partial charge in [0.15, 0.2) is 0 Å². The molecule has 1 aromatic carbocycles. The standard InChI is InChI=1S/C21H31FN2O5.C6H11N2O2.C2H6.Fm/c1-7-17(25)24-16-9-8-13(11-15(16)22)10-14(12-21(5,6)18(26)27)23-19(28)29-20(2,3)4;1-4(2)5(6(7)10)8-3-9;1-2;/h8-9,11,14H,7,10,12H2,1-6H3,(H,23,28)(H,24,25)(H,26,27);4-5H,1-2H3,(H2,7,10)(H,8,9);1-2H3;/q;-1;;. The normalized spacial score (nSPS) is 12.0. The van der Waals surface area contributed by atoms with Gasteiger partial charge in [0.2, 0.25) is 11.8 Å². The third kappa shape index (κ3) is 17.1. The van der Waals surface area contributed by atoms with Gasteiger partial charge in [0.05, 0.1) is 17.1 Å². The zero-order valence-electron chi connectivity index (χ0n) is 26.2. The van der Waals surface area contributed by atoms with Crippen molar-refractivity contribution in [1.29, 1.82) is 0 Å². The summed E-state index contributed by atoms with van der Waals surface area (Å²) < 4.78 is 19.6. The van der Waals surface area contributed by atoms with Crippen LogP contribution in [0.25, 0.3) is 0 Å². The smallest absolute Gasteiger partial charge is 0.407 e. The molecule has 13 heteroatoms. The Labute approximate surface area is 243 Å². The van der Waals surface area contributed by atoms with Crippen LogP contribution in [0.4, 0.5) is 14.9 Å². The van der Waals surface area contributed by atoms with Crippen molar-refractivity contribution in [3.8, 4) is 0 Å². The number of carbonyl (C=O) groups excluding carboxylic acids is 4. The number of hydrogen-bond donors (Lipinski definition) is 5. The molecular formula is C29H48FFmN4O7-. The summed E-state index contributed by atoms with van der Waals surface area (Å²) in [4.78, 5) is 55.4. The maximum atomic E-state index is 14.3. The summed E-state index contributed by atoms with van der Waals surface area (Å²) in [5.41, 5.74) is 3.76. The van der Waals surface area contributed by atoms with Crippen molar-refractivity contribution in [2.75, 3.05) is 5.32 Å². The second kappa shape index (κ2) is 19.4. The summed E-state index contributed by atoms with van der Waals surface area (Å²) >= 11 is 0. The Hall–Kier alpha value is -4.70. The molecule has 0 spiro atoms. The van der Waals surface area contributed by atoms with Gasteiger partial charge < -0.3 is 36.3 Å². The van der Waals surface area contributed by atoms with Crippen LogP contribution in [0.5, 0.6) is 0 Å². The number of aliphatic carboxylic acids is 1. The van der Waals surface area contributed by atoms with E-state index in [1.54, 1.807) is 61.5 Å². The van der Waals surface area contributed by atoms with E-state index in [2.05, 4.69) is 16.0 Å². The Balaban J connectivity index is -0.000000989. The van der Waals surface area contributed by atoms with Gasteiger partial charge in [-0.05, 0) is 71.1 Å². The summed E-state index contributed by atoms with van der Waals surface area (Å²) in [5, 5.41) is 16.8. The van der Waals surface area contributed by atoms with E-state index < -0.39 is 46.9 Å². The van der Waals surface area contributed by atoms with Gasteiger partial charge in [-0.25, -0.2) is 9.18 Å². The quantitative estimate of drug-likeness (QED) is 0.154. The molecule has 1 aromatic rings. The first-order valence-corrected chi connectivity index (χ1v) is 13.6. The minimum atomic E-state index is -1.10. The van der Waals surface area contributed by atoms with E-state index in [0.29, 0.717) is 5.56 Å². The van der Waals surface area contributed by atoms with Gasteiger partial charge in [0.25, 0.3) is 0 Å². The van der Waals surface area contributed by atoms with E-state index in [0.717, 1.165) is 0 Å². The van der Waals surface area contributed by atoms with Gasteiger partial charge in [-0.3, -0.25) is 14.4 Å². The number of hydrogen-bond acceptors (Lipinski definition) is 6. The molecule has 42 heavy (non-hydrogen) atoms. The number of primary amides is 1. The number of ether oxygens (including phenoxy) is 1. The minimum absolute atomic E-state index is 0. The molecular weight excluding hydrogens is 792 g/mol. The summed E-state index contributed by atoms with van der Waals surface area (Å²) in [6, 6.07) is 3.16. The summed E-state index contributed by atoms with van der Waals surface area (Å²) in [6.07, 6.45) is 1.31. The van der Waals surface area contributed by atoms with E-state index in [-0.39, 0.29) is 36.8 Å². The Morgan fingerprint density at radius 3 is 2.00 bits per heavy atom. The number of anilines is 1. The molecule has 2 unspecified atom stereocenters. The molecule has 2 atom stereocenters. The number of benzene rings is 1. The Morgan fingerprint density at radius 1 is 1.10 bits per heavy atom. The van der Waals surface area contributed by atoms with Crippen LogP contribution in [0.1, 0.15) is 87.6 Å². The van der Waals surface area contributed by atoms with Crippen molar-refractivity contribution in [2.45, 2.75) is 106 Å². The van der Waals surface area contributed by atoms with Gasteiger partial charge >= 0.3 is 12.1 Å². The van der Waals surface area contributed by atoms with Crippen molar-refractivity contribution >= 4 is 36.0 Å². The summed E-state index contributed by atoms with van der Waals surface area (Å²) in [5.74, 6) is -2.42. The fourth-order valence-electron chi connectivity index (χ4n) is 3.29. The molecule has 246 valence electrons. The second-order valence-corrected chi connectivity index (χ2v) is 11.0. The minimum Gasteiger partial charge on any atom is -0.520 e. The second-order valence-electron chi connectivity index (χ2n) is 11.0. The van der Waals surface area contributed by atoms with Crippen LogP contribution in [0.3, 0.4) is 0 Å². The van der Waals surface area contributed by atoms with Crippen molar-refractivity contribution < 1.29 is 38.2 Å². The maximum absolute atomic E-state index is 14.3. The van der Waals surface area contributed by atoms with Crippen molar-refractivity contribution in [2.24, 2.45) is 17.1 Å². The molecule has 0 aromatic heterocycles. The molecule has 1 rings (SSSR count). The number of carboxylic acid groups (broad SMARTS) is 1. The van der Waals surface area contributed by atoms with Gasteiger partial charge in [-0.15, -0.1) is 0 Å². The van der Waals surface area contributed by atoms with Crippen LogP contribution in [-0.4, -0.2) is 53.1 Å². The van der Waals surface area contributed by atoms with E-state index in [4.69, 9.17) is 10.5 Å². The Morgan fingerprint density at radius 2 is 1.64 bits per heavy atom. The largest absolute Gasteiger partial charge is 0.520 e. The van der Waals surface area contributed by atoms with E-state index in [1.807, 2.05) is 13.8 Å². The van der Waals surface area contributed by atoms with Crippen LogP contribution >= 0.6 is 0 Å². The molecule has 0 aliphatic heterocycles. The Bertz CT molecular complexity index is 1010. The first-order valence-electron chi connectivity index (χ1n) is 13.6. The number of rotatable bonds is 12. The summed E-state index contributed by atoms with van der Waals surface area (Å²) in [7, 11) is 0. The van der Waals surface area contributed by atoms with Crippen LogP contribution in [-0.2, 0) is 30.3 Å². The Kier molecular flexibility index (Phi) is 19.3. The molecule has 0 radical (unpaired) electrons. The van der Waals surface area contributed by atoms with Crippen LogP contribution in [0.15, 0.2) is 18.2 Å². The van der Waals surface area contributed by atoms with Crippen molar-refractivity contribution in [3.63, 3.8) is 0 Å². The number of halogens is 1. The maximum Gasteiger partial charge on any atom is 0.407 e. The molecule has 11 nitrogen and oxygen atoms in total. The molecule has 0 fully saturated rings. The van der Waals surface area contributed by atoms with Crippen LogP contribution < -0.4 is 21.7 Å². The van der Waals surface area contributed by atoms with Crippen molar-refractivity contribution in [3.05, 3.63) is 29.6 Å². The average Bonchev–Trinajstić information content (AvgIpc) is 2.83. The third-order valence-electron chi connectivity index (χ3n) is 5.35. The van der Waals surface area contributed by atoms with E-state index in [9.17, 15) is 33.5 Å². The molecule has 4 amide bonds. The zero-order chi connectivity index (χ0) is 32.6. The van der Waals surface area contributed by atoms with Gasteiger partial charge in [-0.2, -0.15) is 6.41 Å². The first-order chi connectivity index (χ1) is 18.8. The third-order valence-corrected chi connectivity index (χ3v) is 5.35. The number of carbonyl (C=O) groups is 4. The van der Waals surface area contributed by atoms with E-state index >= 15 is 0 Å². The van der Waals surface area contributed by atoms with Gasteiger partial charge in [0.1, 0.15) is 11.4 Å². The first kappa shape index (κ1) is 41.8. The van der Waals surface area contributed by atoms with E-state index in [1.165, 1.54) is 18.5 Å². The SMILES string of the molecule is CC.CC(C)C(N[C-]=O)C(N)=O.CCC(=O)Nc1ccc(CC(CC(C)(C)C(=O)O)NC(=O)OC(C)(C)C)cc1F.[Fm]. The molecule has 0 aliphatic carbocycles. The van der Waals surface area contributed by atoms with Crippen LogP contribution in [0, 0.1) is 17.2 Å². The van der Waals surface area contributed by atoms with Crippen molar-refractivity contribution in [1.82, 2.24) is 10.6 Å². The molecule has 0 heterocycles. The average molecular weight is 841 g/mol. The van der Waals surface area contributed by atoms with Crippen LogP contribution in [0.2, 0.25) is 0 Å². The molecule has 0 saturated carbocycles. The molecule has 0 bridgehead atoms. The molecule has 0 aliphatic rings. The number of amides is 4. The predicted molar refractivity (Wildman–Crippen MR) is 156 cm³/mol. The zero-order valence-corrected chi connectivity index (χ0v) is 28.6. The number of alkyl carbamates (subject to hydrolysis) is 1. The number of nitrogens with two attached hydrogens (primary N) is 1.